The second kappa shape index (κ2) is 17.1. The third-order valence-electron chi connectivity index (χ3n) is 2.01. The highest BCUT2D eigenvalue weighted by Crippen LogP contribution is 2.17. The Kier molecular flexibility index (Phi) is 19.2. The molecule has 0 radical (unpaired) electrons. The Balaban J connectivity index is 0. The summed E-state index contributed by atoms with van der Waals surface area (Å²) >= 11 is 0. The minimum absolute atomic E-state index is 0.774. The zero-order valence-electron chi connectivity index (χ0n) is 11.8. The van der Waals surface area contributed by atoms with E-state index in [2.05, 4.69) is 31.3 Å². The molecule has 0 aromatic heterocycles. The summed E-state index contributed by atoms with van der Waals surface area (Å²) in [5.74, 6) is 0. The molecule has 0 amide bonds. The second-order valence-corrected chi connectivity index (χ2v) is 3.69. The number of nitrogens with two attached hydrogens (primary N) is 1. The molecule has 0 heterocycles. The SMILES string of the molecule is CC.CC/C=C\CCC.NCCNC1CC1. The van der Waals surface area contributed by atoms with Gasteiger partial charge in [0.1, 0.15) is 0 Å². The highest BCUT2D eigenvalue weighted by atomic mass is 15.0. The van der Waals surface area contributed by atoms with Gasteiger partial charge in [0.2, 0.25) is 0 Å². The summed E-state index contributed by atoms with van der Waals surface area (Å²) in [6, 6.07) is 0.823. The van der Waals surface area contributed by atoms with Crippen LogP contribution in [0.5, 0.6) is 0 Å². The van der Waals surface area contributed by atoms with Gasteiger partial charge in [-0.25, -0.2) is 0 Å². The second-order valence-electron chi connectivity index (χ2n) is 3.69. The summed E-state index contributed by atoms with van der Waals surface area (Å²) in [5.41, 5.74) is 5.24. The molecule has 1 rings (SSSR count). The zero-order chi connectivity index (χ0) is 12.6. The largest absolute Gasteiger partial charge is 0.329 e. The van der Waals surface area contributed by atoms with Crippen molar-refractivity contribution in [2.75, 3.05) is 13.1 Å². The van der Waals surface area contributed by atoms with E-state index in [1.54, 1.807) is 0 Å². The monoisotopic (exact) mass is 228 g/mol. The summed E-state index contributed by atoms with van der Waals surface area (Å²) in [6.07, 6.45) is 10.9. The van der Waals surface area contributed by atoms with Crippen molar-refractivity contribution in [2.24, 2.45) is 5.73 Å². The Morgan fingerprint density at radius 1 is 1.19 bits per heavy atom. The van der Waals surface area contributed by atoms with E-state index in [1.807, 2.05) is 13.8 Å². The van der Waals surface area contributed by atoms with Crippen molar-refractivity contribution in [1.29, 1.82) is 0 Å². The number of unbranched alkanes of at least 4 members (excludes halogenated alkanes) is 1. The maximum absolute atomic E-state index is 5.24. The fourth-order valence-electron chi connectivity index (χ4n) is 1.03. The molecule has 0 bridgehead atoms. The van der Waals surface area contributed by atoms with Crippen molar-refractivity contribution in [3.05, 3.63) is 12.2 Å². The van der Waals surface area contributed by atoms with Gasteiger partial charge in [0.15, 0.2) is 0 Å². The van der Waals surface area contributed by atoms with Crippen LogP contribution < -0.4 is 11.1 Å². The molecule has 2 heteroatoms. The Hall–Kier alpha value is -0.340. The molecule has 0 aromatic carbocycles. The molecule has 98 valence electrons. The highest BCUT2D eigenvalue weighted by molar-refractivity contribution is 4.80. The molecule has 1 fully saturated rings. The van der Waals surface area contributed by atoms with E-state index in [-0.39, 0.29) is 0 Å². The molecular weight excluding hydrogens is 196 g/mol. The number of hydrogen-bond donors (Lipinski definition) is 2. The lowest BCUT2D eigenvalue weighted by molar-refractivity contribution is 0.690. The lowest BCUT2D eigenvalue weighted by atomic mass is 10.3. The molecule has 0 saturated heterocycles. The molecule has 0 spiro atoms. The van der Waals surface area contributed by atoms with Crippen LogP contribution in [-0.4, -0.2) is 19.1 Å². The lowest BCUT2D eigenvalue weighted by Crippen LogP contribution is -2.23. The van der Waals surface area contributed by atoms with Gasteiger partial charge >= 0.3 is 0 Å². The van der Waals surface area contributed by atoms with E-state index < -0.39 is 0 Å². The van der Waals surface area contributed by atoms with Gasteiger partial charge < -0.3 is 11.1 Å². The first-order valence-corrected chi connectivity index (χ1v) is 6.93. The van der Waals surface area contributed by atoms with Crippen molar-refractivity contribution in [2.45, 2.75) is 65.8 Å². The van der Waals surface area contributed by atoms with E-state index in [4.69, 9.17) is 5.73 Å². The Bertz CT molecular complexity index is 129. The normalized spacial score (nSPS) is 13.8. The molecular formula is C14H32N2. The standard InChI is InChI=1S/C7H14.C5H12N2.C2H6/c1-3-5-7-6-4-2;6-3-4-7-5-1-2-5;1-2/h5,7H,3-4,6H2,1-2H3;5,7H,1-4,6H2;1-2H3/b7-5-;;. The van der Waals surface area contributed by atoms with Gasteiger partial charge in [-0.1, -0.05) is 46.3 Å². The summed E-state index contributed by atoms with van der Waals surface area (Å²) in [7, 11) is 0. The fraction of sp³-hybridized carbons (Fsp3) is 0.857. The van der Waals surface area contributed by atoms with Crippen molar-refractivity contribution < 1.29 is 0 Å². The number of rotatable bonds is 6. The molecule has 0 aliphatic heterocycles. The van der Waals surface area contributed by atoms with Gasteiger partial charge in [-0.3, -0.25) is 0 Å². The first-order chi connectivity index (χ1) is 7.85. The number of nitrogens with one attached hydrogen (secondary N) is 1. The maximum Gasteiger partial charge on any atom is 0.00770 e. The smallest absolute Gasteiger partial charge is 0.00770 e. The van der Waals surface area contributed by atoms with Crippen molar-refractivity contribution in [1.82, 2.24) is 5.32 Å². The number of hydrogen-bond acceptors (Lipinski definition) is 2. The van der Waals surface area contributed by atoms with Crippen LogP contribution in [-0.2, 0) is 0 Å². The highest BCUT2D eigenvalue weighted by Gasteiger charge is 2.18. The quantitative estimate of drug-likeness (QED) is 0.683. The molecule has 1 aliphatic rings. The van der Waals surface area contributed by atoms with Crippen molar-refractivity contribution >= 4 is 0 Å². The van der Waals surface area contributed by atoms with Crippen LogP contribution in [0, 0.1) is 0 Å². The Morgan fingerprint density at radius 3 is 2.19 bits per heavy atom. The van der Waals surface area contributed by atoms with Gasteiger partial charge in [-0.05, 0) is 25.7 Å². The topological polar surface area (TPSA) is 38.0 Å². The van der Waals surface area contributed by atoms with Gasteiger partial charge in [0.25, 0.3) is 0 Å². The third kappa shape index (κ3) is 19.3. The van der Waals surface area contributed by atoms with Crippen molar-refractivity contribution in [3.63, 3.8) is 0 Å². The Labute approximate surface area is 103 Å². The molecule has 0 unspecified atom stereocenters. The van der Waals surface area contributed by atoms with Crippen LogP contribution in [0.1, 0.15) is 59.8 Å². The first kappa shape index (κ1) is 18.0. The van der Waals surface area contributed by atoms with E-state index in [9.17, 15) is 0 Å². The molecule has 0 atom stereocenters. The first-order valence-electron chi connectivity index (χ1n) is 6.93. The van der Waals surface area contributed by atoms with Crippen LogP contribution in [0.15, 0.2) is 12.2 Å². The van der Waals surface area contributed by atoms with Gasteiger partial charge in [0.05, 0.1) is 0 Å². The van der Waals surface area contributed by atoms with Crippen molar-refractivity contribution in [3.8, 4) is 0 Å². The zero-order valence-corrected chi connectivity index (χ0v) is 11.8. The molecule has 0 aromatic rings. The van der Waals surface area contributed by atoms with E-state index in [0.717, 1.165) is 19.1 Å². The summed E-state index contributed by atoms with van der Waals surface area (Å²) in [5, 5.41) is 3.28. The Morgan fingerprint density at radius 2 is 1.81 bits per heavy atom. The maximum atomic E-state index is 5.24. The van der Waals surface area contributed by atoms with E-state index in [0.29, 0.717) is 0 Å². The van der Waals surface area contributed by atoms with Gasteiger partial charge in [0, 0.05) is 19.1 Å². The molecule has 2 nitrogen and oxygen atoms in total. The minimum Gasteiger partial charge on any atom is -0.329 e. The summed E-state index contributed by atoms with van der Waals surface area (Å²) in [4.78, 5) is 0. The van der Waals surface area contributed by atoms with Gasteiger partial charge in [-0.2, -0.15) is 0 Å². The van der Waals surface area contributed by atoms with Crippen LogP contribution in [0.3, 0.4) is 0 Å². The lowest BCUT2D eigenvalue weighted by Gasteiger charge is -1.94. The predicted octanol–water partition coefficient (Wildman–Crippen LogP) is 3.48. The molecule has 16 heavy (non-hydrogen) atoms. The molecule has 1 saturated carbocycles. The molecule has 3 N–H and O–H groups in total. The third-order valence-corrected chi connectivity index (χ3v) is 2.01. The minimum atomic E-state index is 0.774. The predicted molar refractivity (Wildman–Crippen MR) is 75.8 cm³/mol. The summed E-state index contributed by atoms with van der Waals surface area (Å²) < 4.78 is 0. The van der Waals surface area contributed by atoms with Gasteiger partial charge in [-0.15, -0.1) is 0 Å². The average Bonchev–Trinajstić information content (AvgIpc) is 3.15. The van der Waals surface area contributed by atoms with Crippen LogP contribution in [0.25, 0.3) is 0 Å². The van der Waals surface area contributed by atoms with Crippen LogP contribution >= 0.6 is 0 Å². The van der Waals surface area contributed by atoms with Crippen LogP contribution in [0.4, 0.5) is 0 Å². The average molecular weight is 228 g/mol. The van der Waals surface area contributed by atoms with Crippen LogP contribution in [0.2, 0.25) is 0 Å². The number of allylic oxidation sites excluding steroid dienone is 2. The van der Waals surface area contributed by atoms with E-state index in [1.165, 1.54) is 32.1 Å². The fourth-order valence-corrected chi connectivity index (χ4v) is 1.03. The summed E-state index contributed by atoms with van der Waals surface area (Å²) in [6.45, 7) is 10.1. The van der Waals surface area contributed by atoms with E-state index >= 15 is 0 Å². The molecule has 1 aliphatic carbocycles.